The van der Waals surface area contributed by atoms with Crippen molar-refractivity contribution in [3.8, 4) is 56.7 Å². The molecule has 0 aliphatic heterocycles. The van der Waals surface area contributed by atoms with Gasteiger partial charge in [-0.05, 0) is 64.6 Å². The smallest absolute Gasteiger partial charge is 0.238 e. The monoisotopic (exact) mass is 734 g/mol. The van der Waals surface area contributed by atoms with Gasteiger partial charge in [0.15, 0.2) is 11.6 Å². The van der Waals surface area contributed by atoms with Crippen LogP contribution in [-0.4, -0.2) is 24.1 Å². The van der Waals surface area contributed by atoms with Gasteiger partial charge in [0.25, 0.3) is 0 Å². The van der Waals surface area contributed by atoms with Crippen LogP contribution in [0.15, 0.2) is 200 Å². The third-order valence-electron chi connectivity index (χ3n) is 9.39. The van der Waals surface area contributed by atoms with E-state index >= 15 is 0 Å². The summed E-state index contributed by atoms with van der Waals surface area (Å²) in [5, 5.41) is -1.09. The molecule has 0 amide bonds. The van der Waals surface area contributed by atoms with E-state index in [0.717, 1.165) is 20.3 Å². The van der Waals surface area contributed by atoms with Gasteiger partial charge in [-0.25, -0.2) is 4.98 Å². The maximum Gasteiger partial charge on any atom is 0.238 e. The second-order valence-corrected chi connectivity index (χ2v) is 12.6. The Labute approximate surface area is 350 Å². The van der Waals surface area contributed by atoms with Crippen LogP contribution in [0.2, 0.25) is 0 Å². The van der Waals surface area contributed by atoms with Gasteiger partial charge in [0.1, 0.15) is 0 Å². The van der Waals surface area contributed by atoms with Crippen LogP contribution in [0, 0.1) is 0 Å². The highest BCUT2D eigenvalue weighted by molar-refractivity contribution is 6.11. The molecule has 3 heterocycles. The minimum Gasteiger partial charge on any atom is -0.309 e. The highest BCUT2D eigenvalue weighted by atomic mass is 15.2. The number of hydrogen-bond acceptors (Lipinski definition) is 3. The van der Waals surface area contributed by atoms with Crippen LogP contribution in [0.5, 0.6) is 0 Å². The molecule has 0 aliphatic carbocycles. The van der Waals surface area contributed by atoms with Crippen LogP contribution in [0.25, 0.3) is 100 Å². The van der Waals surface area contributed by atoms with Gasteiger partial charge < -0.3 is 4.57 Å². The van der Waals surface area contributed by atoms with Crippen molar-refractivity contribution in [3.63, 3.8) is 0 Å². The summed E-state index contributed by atoms with van der Waals surface area (Å²) < 4.78 is 175. The van der Waals surface area contributed by atoms with Crippen molar-refractivity contribution in [2.45, 2.75) is 0 Å². The quantitative estimate of drug-likeness (QED) is 0.171. The zero-order chi connectivity index (χ0) is 53.5. The van der Waals surface area contributed by atoms with Crippen molar-refractivity contribution in [1.29, 1.82) is 0 Å². The zero-order valence-corrected chi connectivity index (χ0v) is 28.8. The maximum atomic E-state index is 10.00. The summed E-state index contributed by atoms with van der Waals surface area (Å²) >= 11 is 0. The Morgan fingerprint density at radius 2 is 0.839 bits per heavy atom. The molecule has 0 spiro atoms. The van der Waals surface area contributed by atoms with Crippen molar-refractivity contribution in [2.75, 3.05) is 0 Å². The molecule has 11 rings (SSSR count). The zero-order valence-electron chi connectivity index (χ0n) is 47.8. The number of nitrogens with zero attached hydrogens (tertiary/aromatic N) is 5. The lowest BCUT2D eigenvalue weighted by Crippen LogP contribution is -2.06. The van der Waals surface area contributed by atoms with E-state index in [9.17, 15) is 11.0 Å². The van der Waals surface area contributed by atoms with Crippen molar-refractivity contribution in [2.24, 2.45) is 0 Å². The Morgan fingerprint density at radius 3 is 1.48 bits per heavy atom. The number of fused-ring (bicyclic) bond motifs is 6. The topological polar surface area (TPSA) is 48.5 Å². The van der Waals surface area contributed by atoms with E-state index in [-0.39, 0.29) is 55.0 Å². The van der Waals surface area contributed by atoms with Crippen LogP contribution in [0.3, 0.4) is 0 Å². The number of benzene rings is 8. The van der Waals surface area contributed by atoms with Crippen molar-refractivity contribution in [1.82, 2.24) is 24.1 Å². The SMILES string of the molecule is [2H]c1c([2H])c(-c2nc(-c3ccc(-c4ccccc4)cc3)nc(-n3c4c([2H])c([2H])c([2H])c([2H])c4c4c([2H])c([2H])c([2H])c([2H])c43)n2)c([2H])c(-n2c3c([2H])c([2H])c([2H])c([2H])c3c3c([2H])c(-c4ccccc4)c([2H])c([2H])c32)c1[2H]. The van der Waals surface area contributed by atoms with E-state index < -0.39 is 143 Å². The first kappa shape index (κ1) is 18.1. The Morgan fingerprint density at radius 1 is 0.339 bits per heavy atom. The van der Waals surface area contributed by atoms with Crippen molar-refractivity contribution >= 4 is 43.6 Å². The molecule has 5 nitrogen and oxygen atoms in total. The highest BCUT2D eigenvalue weighted by Crippen LogP contribution is 2.37. The minimum atomic E-state index is -0.854. The molecule has 0 bridgehead atoms. The molecule has 0 fully saturated rings. The Hall–Kier alpha value is -7.63. The molecule has 0 radical (unpaired) electrons. The van der Waals surface area contributed by atoms with Crippen LogP contribution >= 0.6 is 0 Å². The van der Waals surface area contributed by atoms with Crippen LogP contribution in [-0.2, 0) is 0 Å². The molecule has 0 saturated heterocycles. The number of hydrogen-bond donors (Lipinski definition) is 0. The average molecular weight is 735 g/mol. The largest absolute Gasteiger partial charge is 0.309 e. The summed E-state index contributed by atoms with van der Waals surface area (Å²) in [7, 11) is 0. The third-order valence-corrected chi connectivity index (χ3v) is 9.39. The summed E-state index contributed by atoms with van der Waals surface area (Å²) in [6.45, 7) is 0. The fourth-order valence-corrected chi connectivity index (χ4v) is 6.81. The first-order valence-electron chi connectivity index (χ1n) is 26.8. The summed E-state index contributed by atoms with van der Waals surface area (Å²) in [5.41, 5.74) is -0.472. The molecular formula is C51H33N5. The Balaban J connectivity index is 1.29. The Bertz CT molecular complexity index is 4260. The average Bonchev–Trinajstić information content (AvgIpc) is 4.03. The molecule has 56 heavy (non-hydrogen) atoms. The lowest BCUT2D eigenvalue weighted by molar-refractivity contribution is 0.953. The van der Waals surface area contributed by atoms with Crippen molar-refractivity contribution < 1.29 is 26.0 Å². The third kappa shape index (κ3) is 5.29. The molecule has 3 aromatic heterocycles. The summed E-state index contributed by atoms with van der Waals surface area (Å²) in [6.07, 6.45) is 0. The van der Waals surface area contributed by atoms with Gasteiger partial charge in [0, 0.05) is 38.4 Å². The van der Waals surface area contributed by atoms with Crippen LogP contribution in [0.1, 0.15) is 26.0 Å². The molecule has 0 N–H and O–H groups in total. The van der Waals surface area contributed by atoms with E-state index in [1.54, 1.807) is 54.6 Å². The van der Waals surface area contributed by atoms with Gasteiger partial charge in [-0.15, -0.1) is 0 Å². The first-order chi connectivity index (χ1) is 35.7. The molecule has 11 aromatic rings. The van der Waals surface area contributed by atoms with E-state index in [4.69, 9.17) is 30.0 Å². The van der Waals surface area contributed by atoms with E-state index in [1.165, 1.54) is 0 Å². The summed E-state index contributed by atoms with van der Waals surface area (Å²) in [6, 6.07) is 11.4. The first-order valence-corrected chi connectivity index (χ1v) is 17.3. The molecule has 0 saturated carbocycles. The van der Waals surface area contributed by atoms with Crippen molar-refractivity contribution in [3.05, 3.63) is 200 Å². The molecule has 0 unspecified atom stereocenters. The standard InChI is InChI=1S/C51H33N5/c1-3-14-34(15-4-1)36-26-28-37(29-27-36)49-52-50(54-51(53-49)56-46-24-11-7-20-41(46)42-21-8-12-25-47(42)56)39-18-13-19-40(32-39)55-45-23-10-9-22-43(45)44-33-38(30-31-48(44)55)35-16-5-2-6-17-35/h1-33H/i7D,8D,9D,10D,11D,12D,13D,18D,19D,20D,21D,22D,23D,24D,25D,30D,31D,32D,33D. The van der Waals surface area contributed by atoms with E-state index in [2.05, 4.69) is 0 Å². The highest BCUT2D eigenvalue weighted by Gasteiger charge is 2.19. The fourth-order valence-electron chi connectivity index (χ4n) is 6.81. The van der Waals surface area contributed by atoms with Gasteiger partial charge in [-0.3, -0.25) is 4.57 Å². The second kappa shape index (κ2) is 13.0. The van der Waals surface area contributed by atoms with E-state index in [0.29, 0.717) is 5.56 Å². The maximum absolute atomic E-state index is 10.00. The summed E-state index contributed by atoms with van der Waals surface area (Å²) in [5.74, 6) is -1.28. The number of aromatic nitrogens is 5. The summed E-state index contributed by atoms with van der Waals surface area (Å²) in [4.78, 5) is 14.2. The molecule has 8 aromatic carbocycles. The molecule has 262 valence electrons. The second-order valence-electron chi connectivity index (χ2n) is 12.6. The lowest BCUT2D eigenvalue weighted by Gasteiger charge is -2.13. The molecule has 0 atom stereocenters. The van der Waals surface area contributed by atoms with Gasteiger partial charge in [-0.1, -0.05) is 157 Å². The van der Waals surface area contributed by atoms with Gasteiger partial charge in [0.2, 0.25) is 5.95 Å². The van der Waals surface area contributed by atoms with Gasteiger partial charge in [0.05, 0.1) is 48.1 Å². The normalized spacial score (nSPS) is 16.3. The molecule has 5 heteroatoms. The lowest BCUT2D eigenvalue weighted by atomic mass is 10.0. The number of rotatable bonds is 6. The van der Waals surface area contributed by atoms with Crippen LogP contribution in [0.4, 0.5) is 0 Å². The molecular weight excluding hydrogens is 683 g/mol. The van der Waals surface area contributed by atoms with Crippen LogP contribution < -0.4 is 0 Å². The number of para-hydroxylation sites is 3. The van der Waals surface area contributed by atoms with E-state index in [1.807, 2.05) is 30.3 Å². The van der Waals surface area contributed by atoms with Gasteiger partial charge in [-0.2, -0.15) is 9.97 Å². The predicted octanol–water partition coefficient (Wildman–Crippen LogP) is 12.7. The minimum absolute atomic E-state index is 0.0399. The predicted molar refractivity (Wildman–Crippen MR) is 230 cm³/mol. The fraction of sp³-hybridized carbons (Fsp3) is 0. The Kier molecular flexibility index (Phi) is 4.22. The van der Waals surface area contributed by atoms with Gasteiger partial charge >= 0.3 is 0 Å². The molecule has 0 aliphatic rings.